The average Bonchev–Trinajstić information content (AvgIpc) is 3.07. The molecule has 2 aromatic heterocycles. The zero-order valence-electron chi connectivity index (χ0n) is 13.0. The van der Waals surface area contributed by atoms with Gasteiger partial charge in [-0.25, -0.2) is 9.97 Å². The normalized spacial score (nSPS) is 11.1. The number of fused-ring (bicyclic) bond motifs is 1. The summed E-state index contributed by atoms with van der Waals surface area (Å²) in [4.78, 5) is 12.0. The number of benzene rings is 2. The van der Waals surface area contributed by atoms with Gasteiger partial charge in [-0.3, -0.25) is 5.41 Å². The summed E-state index contributed by atoms with van der Waals surface area (Å²) < 4.78 is 1.84. The van der Waals surface area contributed by atoms with E-state index in [1.165, 1.54) is 0 Å². The minimum atomic E-state index is 0.145. The molecule has 25 heavy (non-hydrogen) atoms. The number of nitrogens with one attached hydrogen (secondary N) is 2. The lowest BCUT2D eigenvalue weighted by Crippen LogP contribution is -2.13. The van der Waals surface area contributed by atoms with E-state index in [9.17, 15) is 0 Å². The van der Waals surface area contributed by atoms with Crippen molar-refractivity contribution in [3.63, 3.8) is 0 Å². The van der Waals surface area contributed by atoms with E-state index in [0.29, 0.717) is 33.6 Å². The predicted octanol–water partition coefficient (Wildman–Crippen LogP) is 4.26. The molecule has 0 aliphatic carbocycles. The van der Waals surface area contributed by atoms with Crippen LogP contribution >= 0.6 is 23.2 Å². The molecule has 4 rings (SSSR count). The Hall–Kier alpha value is -2.63. The van der Waals surface area contributed by atoms with Crippen molar-refractivity contribution in [2.24, 2.45) is 0 Å². The summed E-state index contributed by atoms with van der Waals surface area (Å²) in [7, 11) is 0. The molecule has 5 nitrogen and oxygen atoms in total. The van der Waals surface area contributed by atoms with E-state index in [0.717, 1.165) is 11.1 Å². The monoisotopic (exact) mass is 369 g/mol. The number of H-pyrrole nitrogens is 1. The Bertz CT molecular complexity index is 1100. The molecule has 7 heteroatoms. The zero-order chi connectivity index (χ0) is 17.4. The molecular weight excluding hydrogens is 357 g/mol. The van der Waals surface area contributed by atoms with E-state index in [1.54, 1.807) is 18.5 Å². The van der Waals surface area contributed by atoms with Crippen LogP contribution in [0.1, 0.15) is 5.56 Å². The van der Waals surface area contributed by atoms with Gasteiger partial charge in [0.2, 0.25) is 0 Å². The van der Waals surface area contributed by atoms with Crippen molar-refractivity contribution in [2.45, 2.75) is 6.54 Å². The third-order valence-electron chi connectivity index (χ3n) is 3.96. The molecule has 0 unspecified atom stereocenters. The Morgan fingerprint density at radius 1 is 1.00 bits per heavy atom. The second-order valence-corrected chi connectivity index (χ2v) is 6.39. The number of hydrogen-bond donors (Lipinski definition) is 2. The molecule has 4 aromatic rings. The van der Waals surface area contributed by atoms with Gasteiger partial charge >= 0.3 is 0 Å². The van der Waals surface area contributed by atoms with Crippen molar-refractivity contribution in [2.75, 3.05) is 0 Å². The highest BCUT2D eigenvalue weighted by Gasteiger charge is 2.13. The van der Waals surface area contributed by atoms with Crippen LogP contribution in [0, 0.1) is 5.41 Å². The van der Waals surface area contributed by atoms with Crippen LogP contribution in [0.4, 0.5) is 0 Å². The molecule has 0 aliphatic rings. The number of rotatable bonds is 3. The Balaban J connectivity index is 1.87. The highest BCUT2D eigenvalue weighted by molar-refractivity contribution is 6.36. The standard InChI is InChI=1S/C18H13Cl2N5/c19-13-7-4-8-14(20)12(13)9-25-10-22-16(21)15-18(25)24-17(23-15)11-5-2-1-3-6-11/h1-8,10,21H,9H2,(H,23,24). The number of halogens is 2. The Morgan fingerprint density at radius 2 is 1.72 bits per heavy atom. The van der Waals surface area contributed by atoms with Gasteiger partial charge in [0.15, 0.2) is 11.1 Å². The van der Waals surface area contributed by atoms with Crippen LogP contribution in [-0.4, -0.2) is 19.5 Å². The predicted molar refractivity (Wildman–Crippen MR) is 98.7 cm³/mol. The highest BCUT2D eigenvalue weighted by atomic mass is 35.5. The van der Waals surface area contributed by atoms with Crippen LogP contribution in [0.3, 0.4) is 0 Å². The maximum absolute atomic E-state index is 8.05. The molecule has 0 spiro atoms. The number of aromatic amines is 1. The molecule has 0 atom stereocenters. The summed E-state index contributed by atoms with van der Waals surface area (Å²) in [6, 6.07) is 15.2. The van der Waals surface area contributed by atoms with Gasteiger partial charge in [-0.1, -0.05) is 59.6 Å². The quantitative estimate of drug-likeness (QED) is 0.566. The summed E-state index contributed by atoms with van der Waals surface area (Å²) in [6.07, 6.45) is 1.58. The van der Waals surface area contributed by atoms with Gasteiger partial charge in [-0.05, 0) is 12.1 Å². The van der Waals surface area contributed by atoms with Gasteiger partial charge in [0.25, 0.3) is 0 Å². The molecule has 0 radical (unpaired) electrons. The number of nitrogens with zero attached hydrogens (tertiary/aromatic N) is 3. The van der Waals surface area contributed by atoms with Gasteiger partial charge in [0, 0.05) is 21.2 Å². The van der Waals surface area contributed by atoms with E-state index in [2.05, 4.69) is 15.0 Å². The van der Waals surface area contributed by atoms with Crippen molar-refractivity contribution < 1.29 is 0 Å². The first-order valence-electron chi connectivity index (χ1n) is 7.61. The lowest BCUT2D eigenvalue weighted by atomic mass is 10.2. The molecule has 2 heterocycles. The topological polar surface area (TPSA) is 70.3 Å². The first kappa shape index (κ1) is 15.9. The van der Waals surface area contributed by atoms with Crippen molar-refractivity contribution in [3.8, 4) is 11.4 Å². The molecule has 124 valence electrons. The Kier molecular flexibility index (Phi) is 4.03. The first-order valence-corrected chi connectivity index (χ1v) is 8.37. The van der Waals surface area contributed by atoms with Crippen LogP contribution in [0.5, 0.6) is 0 Å². The molecule has 2 N–H and O–H groups in total. The summed E-state index contributed by atoms with van der Waals surface area (Å²) in [5, 5.41) is 9.22. The summed E-state index contributed by atoms with van der Waals surface area (Å²) >= 11 is 12.6. The molecule has 0 bridgehead atoms. The minimum Gasteiger partial charge on any atom is -0.334 e. The lowest BCUT2D eigenvalue weighted by molar-refractivity contribution is 0.784. The summed E-state index contributed by atoms with van der Waals surface area (Å²) in [5.74, 6) is 0.691. The van der Waals surface area contributed by atoms with Crippen LogP contribution in [-0.2, 0) is 6.54 Å². The van der Waals surface area contributed by atoms with E-state index >= 15 is 0 Å². The highest BCUT2D eigenvalue weighted by Crippen LogP contribution is 2.26. The third-order valence-corrected chi connectivity index (χ3v) is 4.67. The number of imidazole rings is 1. The van der Waals surface area contributed by atoms with Crippen molar-refractivity contribution >= 4 is 34.4 Å². The van der Waals surface area contributed by atoms with E-state index < -0.39 is 0 Å². The minimum absolute atomic E-state index is 0.145. The van der Waals surface area contributed by atoms with Gasteiger partial charge in [0.05, 0.1) is 12.9 Å². The summed E-state index contributed by atoms with van der Waals surface area (Å²) in [5.41, 5.74) is 3.09. The Morgan fingerprint density at radius 3 is 2.44 bits per heavy atom. The molecule has 0 saturated heterocycles. The maximum Gasteiger partial charge on any atom is 0.173 e. The van der Waals surface area contributed by atoms with Gasteiger partial charge < -0.3 is 9.55 Å². The fraction of sp³-hybridized carbons (Fsp3) is 0.0556. The van der Waals surface area contributed by atoms with Gasteiger partial charge in [0.1, 0.15) is 11.3 Å². The van der Waals surface area contributed by atoms with Crippen LogP contribution in [0.25, 0.3) is 22.6 Å². The van der Waals surface area contributed by atoms with Gasteiger partial charge in [-0.15, -0.1) is 0 Å². The first-order chi connectivity index (χ1) is 12.1. The molecule has 0 amide bonds. The Labute approximate surface area is 153 Å². The lowest BCUT2D eigenvalue weighted by Gasteiger charge is -2.10. The van der Waals surface area contributed by atoms with E-state index in [4.69, 9.17) is 28.6 Å². The van der Waals surface area contributed by atoms with E-state index in [-0.39, 0.29) is 5.49 Å². The molecular formula is C18H13Cl2N5. The second-order valence-electron chi connectivity index (χ2n) is 5.57. The number of hydrogen-bond acceptors (Lipinski definition) is 3. The fourth-order valence-corrected chi connectivity index (χ4v) is 3.20. The fourth-order valence-electron chi connectivity index (χ4n) is 2.69. The SMILES string of the molecule is N=c1ncn(Cc2c(Cl)cccc2Cl)c2nc(-c3ccccc3)[nH]c12. The maximum atomic E-state index is 8.05. The van der Waals surface area contributed by atoms with Crippen molar-refractivity contribution in [1.29, 1.82) is 5.41 Å². The zero-order valence-corrected chi connectivity index (χ0v) is 14.5. The third kappa shape index (κ3) is 2.92. The number of aromatic nitrogens is 4. The van der Waals surface area contributed by atoms with Crippen molar-refractivity contribution in [1.82, 2.24) is 19.5 Å². The summed E-state index contributed by atoms with van der Waals surface area (Å²) in [6.45, 7) is 0.418. The molecule has 0 fully saturated rings. The van der Waals surface area contributed by atoms with Crippen molar-refractivity contribution in [3.05, 3.63) is 76.0 Å². The molecule has 0 saturated carbocycles. The van der Waals surface area contributed by atoms with Crippen LogP contribution in [0.15, 0.2) is 54.9 Å². The van der Waals surface area contributed by atoms with Crippen LogP contribution in [0.2, 0.25) is 10.0 Å². The molecule has 0 aliphatic heterocycles. The second kappa shape index (κ2) is 6.35. The van der Waals surface area contributed by atoms with E-state index in [1.807, 2.05) is 41.0 Å². The average molecular weight is 370 g/mol. The van der Waals surface area contributed by atoms with Gasteiger partial charge in [-0.2, -0.15) is 0 Å². The largest absolute Gasteiger partial charge is 0.334 e. The van der Waals surface area contributed by atoms with Crippen LogP contribution < -0.4 is 5.49 Å². The molecule has 2 aromatic carbocycles. The smallest absolute Gasteiger partial charge is 0.173 e.